The summed E-state index contributed by atoms with van der Waals surface area (Å²) < 4.78 is 11.4. The third-order valence-corrected chi connectivity index (χ3v) is 4.84. The van der Waals surface area contributed by atoms with Gasteiger partial charge >= 0.3 is 0 Å². The van der Waals surface area contributed by atoms with Crippen molar-refractivity contribution in [3.05, 3.63) is 77.3 Å². The van der Waals surface area contributed by atoms with Crippen LogP contribution in [-0.4, -0.2) is 17.5 Å². The molecule has 30 heavy (non-hydrogen) atoms. The van der Waals surface area contributed by atoms with E-state index < -0.39 is 0 Å². The lowest BCUT2D eigenvalue weighted by Crippen LogP contribution is -2.11. The third-order valence-electron chi connectivity index (χ3n) is 4.60. The van der Waals surface area contributed by atoms with Crippen LogP contribution in [-0.2, 0) is 0 Å². The van der Waals surface area contributed by atoms with Crippen molar-refractivity contribution in [2.75, 3.05) is 11.9 Å². The standard InChI is InChI=1S/C24H21ClN2O3/c1-2-3-13-29-20-10-7-16(8-11-20)23(28)26-19-6-4-5-17(14-19)24-27-21-15-18(25)9-12-22(21)30-24/h4-12,14-15H,2-3,13H2,1H3,(H,26,28). The predicted molar refractivity (Wildman–Crippen MR) is 119 cm³/mol. The van der Waals surface area contributed by atoms with Crippen LogP contribution in [0.5, 0.6) is 5.75 Å². The minimum Gasteiger partial charge on any atom is -0.494 e. The number of anilines is 1. The minimum absolute atomic E-state index is 0.198. The Bertz CT molecular complexity index is 1170. The molecule has 3 aromatic carbocycles. The third kappa shape index (κ3) is 4.63. The van der Waals surface area contributed by atoms with Crippen molar-refractivity contribution in [1.29, 1.82) is 0 Å². The summed E-state index contributed by atoms with van der Waals surface area (Å²) in [6.07, 6.45) is 2.09. The lowest BCUT2D eigenvalue weighted by atomic mass is 10.1. The Kier molecular flexibility index (Phi) is 6.00. The first-order chi connectivity index (χ1) is 14.6. The van der Waals surface area contributed by atoms with Gasteiger partial charge in [0.2, 0.25) is 5.89 Å². The van der Waals surface area contributed by atoms with E-state index in [2.05, 4.69) is 17.2 Å². The summed E-state index contributed by atoms with van der Waals surface area (Å²) in [6.45, 7) is 2.79. The molecule has 0 atom stereocenters. The Morgan fingerprint density at radius 1 is 1.10 bits per heavy atom. The molecule has 0 fully saturated rings. The van der Waals surface area contributed by atoms with Crippen LogP contribution < -0.4 is 10.1 Å². The van der Waals surface area contributed by atoms with E-state index in [0.29, 0.717) is 39.9 Å². The Morgan fingerprint density at radius 2 is 1.93 bits per heavy atom. The van der Waals surface area contributed by atoms with E-state index in [1.54, 1.807) is 30.3 Å². The smallest absolute Gasteiger partial charge is 0.255 e. The number of nitrogens with one attached hydrogen (secondary N) is 1. The van der Waals surface area contributed by atoms with Crippen molar-refractivity contribution < 1.29 is 13.9 Å². The number of ether oxygens (including phenoxy) is 1. The highest BCUT2D eigenvalue weighted by atomic mass is 35.5. The second-order valence-corrected chi connectivity index (χ2v) is 7.33. The number of unbranched alkanes of at least 4 members (excludes halogenated alkanes) is 1. The number of hydrogen-bond acceptors (Lipinski definition) is 4. The van der Waals surface area contributed by atoms with Crippen molar-refractivity contribution in [1.82, 2.24) is 4.98 Å². The molecule has 1 amide bonds. The Hall–Kier alpha value is -3.31. The van der Waals surface area contributed by atoms with E-state index in [0.717, 1.165) is 24.2 Å². The van der Waals surface area contributed by atoms with Gasteiger partial charge in [-0.05, 0) is 67.1 Å². The second kappa shape index (κ2) is 9.01. The highest BCUT2D eigenvalue weighted by Gasteiger charge is 2.11. The SMILES string of the molecule is CCCCOc1ccc(C(=O)Nc2cccc(-c3nc4cc(Cl)ccc4o3)c2)cc1. The number of rotatable bonds is 7. The van der Waals surface area contributed by atoms with E-state index >= 15 is 0 Å². The van der Waals surface area contributed by atoms with Crippen LogP contribution in [0.1, 0.15) is 30.1 Å². The predicted octanol–water partition coefficient (Wildman–Crippen LogP) is 6.58. The van der Waals surface area contributed by atoms with Gasteiger partial charge in [-0.3, -0.25) is 4.79 Å². The molecule has 4 rings (SSSR count). The van der Waals surface area contributed by atoms with Crippen molar-refractivity contribution in [3.8, 4) is 17.2 Å². The fourth-order valence-corrected chi connectivity index (χ4v) is 3.16. The van der Waals surface area contributed by atoms with Gasteiger partial charge in [0.15, 0.2) is 5.58 Å². The van der Waals surface area contributed by atoms with Gasteiger partial charge in [0, 0.05) is 21.8 Å². The summed E-state index contributed by atoms with van der Waals surface area (Å²) in [5.41, 5.74) is 3.32. The molecule has 4 aromatic rings. The molecule has 152 valence electrons. The number of aromatic nitrogens is 1. The van der Waals surface area contributed by atoms with Gasteiger partial charge in [-0.2, -0.15) is 0 Å². The Labute approximate surface area is 179 Å². The van der Waals surface area contributed by atoms with Crippen molar-refractivity contribution in [3.63, 3.8) is 0 Å². The topological polar surface area (TPSA) is 64.4 Å². The Balaban J connectivity index is 1.47. The molecule has 0 aliphatic carbocycles. The summed E-state index contributed by atoms with van der Waals surface area (Å²) in [6, 6.07) is 19.8. The highest BCUT2D eigenvalue weighted by molar-refractivity contribution is 6.31. The van der Waals surface area contributed by atoms with Gasteiger partial charge in [-0.1, -0.05) is 31.0 Å². The number of benzene rings is 3. The van der Waals surface area contributed by atoms with Gasteiger partial charge in [0.1, 0.15) is 11.3 Å². The Morgan fingerprint density at radius 3 is 2.73 bits per heavy atom. The van der Waals surface area contributed by atoms with Crippen LogP contribution in [0.15, 0.2) is 71.1 Å². The number of hydrogen-bond donors (Lipinski definition) is 1. The maximum absolute atomic E-state index is 12.6. The van der Waals surface area contributed by atoms with E-state index in [1.807, 2.05) is 36.4 Å². The van der Waals surface area contributed by atoms with E-state index in [-0.39, 0.29) is 5.91 Å². The second-order valence-electron chi connectivity index (χ2n) is 6.89. The van der Waals surface area contributed by atoms with Gasteiger partial charge < -0.3 is 14.5 Å². The van der Waals surface area contributed by atoms with Crippen LogP contribution in [0.3, 0.4) is 0 Å². The number of carbonyl (C=O) groups is 1. The number of amides is 1. The summed E-state index contributed by atoms with van der Waals surface area (Å²) >= 11 is 6.02. The molecule has 1 heterocycles. The average molecular weight is 421 g/mol. The lowest BCUT2D eigenvalue weighted by molar-refractivity contribution is 0.102. The zero-order valence-corrected chi connectivity index (χ0v) is 17.3. The number of carbonyl (C=O) groups excluding carboxylic acids is 1. The molecular weight excluding hydrogens is 400 g/mol. The normalized spacial score (nSPS) is 10.9. The zero-order valence-electron chi connectivity index (χ0n) is 16.5. The summed E-state index contributed by atoms with van der Waals surface area (Å²) in [5.74, 6) is 1.03. The minimum atomic E-state index is -0.198. The van der Waals surface area contributed by atoms with Crippen molar-refractivity contribution in [2.45, 2.75) is 19.8 Å². The molecule has 0 saturated heterocycles. The van der Waals surface area contributed by atoms with Gasteiger partial charge in [0.25, 0.3) is 5.91 Å². The number of nitrogens with zero attached hydrogens (tertiary/aromatic N) is 1. The number of oxazole rings is 1. The maximum Gasteiger partial charge on any atom is 0.255 e. The lowest BCUT2D eigenvalue weighted by Gasteiger charge is -2.08. The fourth-order valence-electron chi connectivity index (χ4n) is 2.99. The monoisotopic (exact) mass is 420 g/mol. The fraction of sp³-hybridized carbons (Fsp3) is 0.167. The molecule has 0 unspecified atom stereocenters. The molecule has 0 saturated carbocycles. The quantitative estimate of drug-likeness (QED) is 0.343. The molecule has 6 heteroatoms. The molecule has 0 aliphatic heterocycles. The van der Waals surface area contributed by atoms with Crippen LogP contribution >= 0.6 is 11.6 Å². The first kappa shape index (κ1) is 20.0. The largest absolute Gasteiger partial charge is 0.494 e. The molecule has 0 bridgehead atoms. The summed E-state index contributed by atoms with van der Waals surface area (Å²) in [5, 5.41) is 3.51. The summed E-state index contributed by atoms with van der Waals surface area (Å²) in [4.78, 5) is 17.1. The van der Waals surface area contributed by atoms with Crippen LogP contribution in [0, 0.1) is 0 Å². The number of halogens is 1. The highest BCUT2D eigenvalue weighted by Crippen LogP contribution is 2.28. The van der Waals surface area contributed by atoms with Gasteiger partial charge in [-0.15, -0.1) is 0 Å². The molecule has 1 aromatic heterocycles. The molecule has 0 aliphatic rings. The zero-order chi connectivity index (χ0) is 20.9. The van der Waals surface area contributed by atoms with Gasteiger partial charge in [-0.25, -0.2) is 4.98 Å². The molecule has 1 N–H and O–H groups in total. The van der Waals surface area contributed by atoms with E-state index in [1.165, 1.54) is 0 Å². The van der Waals surface area contributed by atoms with Gasteiger partial charge in [0.05, 0.1) is 6.61 Å². The van der Waals surface area contributed by atoms with Crippen molar-refractivity contribution >= 4 is 34.3 Å². The van der Waals surface area contributed by atoms with Crippen LogP contribution in [0.2, 0.25) is 5.02 Å². The first-order valence-electron chi connectivity index (χ1n) is 9.83. The van der Waals surface area contributed by atoms with Crippen LogP contribution in [0.25, 0.3) is 22.6 Å². The average Bonchev–Trinajstić information content (AvgIpc) is 3.18. The first-order valence-corrected chi connectivity index (χ1v) is 10.2. The van der Waals surface area contributed by atoms with Crippen LogP contribution in [0.4, 0.5) is 5.69 Å². The van der Waals surface area contributed by atoms with Crippen molar-refractivity contribution in [2.24, 2.45) is 0 Å². The number of fused-ring (bicyclic) bond motifs is 1. The molecular formula is C24H21ClN2O3. The van der Waals surface area contributed by atoms with E-state index in [4.69, 9.17) is 20.8 Å². The molecule has 5 nitrogen and oxygen atoms in total. The van der Waals surface area contributed by atoms with E-state index in [9.17, 15) is 4.79 Å². The molecule has 0 spiro atoms. The molecule has 0 radical (unpaired) electrons. The summed E-state index contributed by atoms with van der Waals surface area (Å²) in [7, 11) is 0. The maximum atomic E-state index is 12.6.